The van der Waals surface area contributed by atoms with Gasteiger partial charge in [-0.2, -0.15) is 0 Å². The number of likely N-dealkylation sites (tertiary alicyclic amines) is 1. The van der Waals surface area contributed by atoms with Gasteiger partial charge in [0.1, 0.15) is 0 Å². The first-order valence-corrected chi connectivity index (χ1v) is 8.51. The lowest BCUT2D eigenvalue weighted by Crippen LogP contribution is -2.48. The van der Waals surface area contributed by atoms with Gasteiger partial charge in [0.15, 0.2) is 0 Å². The number of fused-ring (bicyclic) bond motifs is 1. The second kappa shape index (κ2) is 6.99. The largest absolute Gasteiger partial charge is 0.348 e. The number of carbonyl (C=O) groups excluding carboxylic acids is 1. The molecule has 4 nitrogen and oxygen atoms in total. The average Bonchev–Trinajstić information content (AvgIpc) is 2.95. The maximum Gasteiger partial charge on any atom is 0.234 e. The average molecular weight is 322 g/mol. The van der Waals surface area contributed by atoms with Crippen molar-refractivity contribution in [3.05, 3.63) is 34.9 Å². The Hall–Kier alpha value is -1.10. The van der Waals surface area contributed by atoms with Crippen molar-refractivity contribution in [1.29, 1.82) is 0 Å². The molecule has 0 aromatic heterocycles. The van der Waals surface area contributed by atoms with E-state index in [1.54, 1.807) is 0 Å². The van der Waals surface area contributed by atoms with Gasteiger partial charge < -0.3 is 10.6 Å². The van der Waals surface area contributed by atoms with Crippen LogP contribution in [0.1, 0.15) is 31.4 Å². The molecule has 1 amide bonds. The number of halogens is 1. The van der Waals surface area contributed by atoms with E-state index in [4.69, 9.17) is 11.6 Å². The summed E-state index contributed by atoms with van der Waals surface area (Å²) in [5, 5.41) is 7.32. The molecule has 2 aliphatic rings. The Morgan fingerprint density at radius 3 is 3.09 bits per heavy atom. The van der Waals surface area contributed by atoms with E-state index in [1.807, 2.05) is 31.2 Å². The summed E-state index contributed by atoms with van der Waals surface area (Å²) < 4.78 is 0. The van der Waals surface area contributed by atoms with Crippen LogP contribution in [0.15, 0.2) is 24.3 Å². The number of piperidine rings is 1. The van der Waals surface area contributed by atoms with Crippen molar-refractivity contribution in [3.63, 3.8) is 0 Å². The summed E-state index contributed by atoms with van der Waals surface area (Å²) in [6, 6.07) is 8.27. The fraction of sp³-hybridized carbons (Fsp3) is 0.588. The molecule has 0 radical (unpaired) electrons. The minimum atomic E-state index is -0.0631. The van der Waals surface area contributed by atoms with E-state index >= 15 is 0 Å². The molecule has 2 saturated heterocycles. The number of hydrogen-bond donors (Lipinski definition) is 2. The van der Waals surface area contributed by atoms with Crippen LogP contribution in [0.4, 0.5) is 0 Å². The highest BCUT2D eigenvalue weighted by atomic mass is 35.5. The molecule has 3 rings (SSSR count). The fourth-order valence-electron chi connectivity index (χ4n) is 3.66. The molecule has 120 valence electrons. The van der Waals surface area contributed by atoms with Gasteiger partial charge in [-0.1, -0.05) is 29.8 Å². The van der Waals surface area contributed by atoms with Crippen LogP contribution >= 0.6 is 11.6 Å². The number of nitrogens with one attached hydrogen (secondary N) is 2. The van der Waals surface area contributed by atoms with E-state index in [2.05, 4.69) is 15.5 Å². The van der Waals surface area contributed by atoms with Crippen molar-refractivity contribution in [1.82, 2.24) is 15.5 Å². The third-order valence-corrected chi connectivity index (χ3v) is 5.20. The van der Waals surface area contributed by atoms with Crippen molar-refractivity contribution in [2.24, 2.45) is 5.92 Å². The second-order valence-electron chi connectivity index (χ2n) is 6.44. The second-order valence-corrected chi connectivity index (χ2v) is 6.85. The molecular formula is C17H24ClN3O. The SMILES string of the molecule is CC(NC(=O)CN1CCC2NCCC2C1)c1ccccc1Cl. The van der Waals surface area contributed by atoms with Gasteiger partial charge in [-0.3, -0.25) is 9.69 Å². The van der Waals surface area contributed by atoms with Gasteiger partial charge in [0.25, 0.3) is 0 Å². The Kier molecular flexibility index (Phi) is 5.01. The van der Waals surface area contributed by atoms with Gasteiger partial charge in [-0.05, 0) is 43.9 Å². The molecule has 1 aromatic rings. The Bertz CT molecular complexity index is 536. The summed E-state index contributed by atoms with van der Waals surface area (Å²) in [7, 11) is 0. The van der Waals surface area contributed by atoms with E-state index in [0.717, 1.165) is 31.6 Å². The van der Waals surface area contributed by atoms with Crippen LogP contribution < -0.4 is 10.6 Å². The molecular weight excluding hydrogens is 298 g/mol. The Balaban J connectivity index is 1.51. The maximum absolute atomic E-state index is 12.3. The van der Waals surface area contributed by atoms with Gasteiger partial charge in [0.2, 0.25) is 5.91 Å². The predicted molar refractivity (Wildman–Crippen MR) is 89.0 cm³/mol. The lowest BCUT2D eigenvalue weighted by molar-refractivity contribution is -0.123. The molecule has 5 heteroatoms. The van der Waals surface area contributed by atoms with Crippen molar-refractivity contribution < 1.29 is 4.79 Å². The summed E-state index contributed by atoms with van der Waals surface area (Å²) in [6.45, 7) is 5.62. The van der Waals surface area contributed by atoms with E-state index in [1.165, 1.54) is 6.42 Å². The first-order chi connectivity index (χ1) is 10.6. The van der Waals surface area contributed by atoms with E-state index in [9.17, 15) is 4.79 Å². The molecule has 0 spiro atoms. The number of rotatable bonds is 4. The number of carbonyl (C=O) groups is 1. The summed E-state index contributed by atoms with van der Waals surface area (Å²) in [5.74, 6) is 0.791. The first kappa shape index (κ1) is 15.8. The molecule has 0 aliphatic carbocycles. The molecule has 3 atom stereocenters. The standard InChI is InChI=1S/C17H24ClN3O/c1-12(14-4-2-3-5-15(14)18)20-17(22)11-21-9-7-16-13(10-21)6-8-19-16/h2-5,12-13,16,19H,6-11H2,1H3,(H,20,22). The number of benzene rings is 1. The zero-order valence-corrected chi connectivity index (χ0v) is 13.8. The topological polar surface area (TPSA) is 44.4 Å². The number of nitrogens with zero attached hydrogens (tertiary/aromatic N) is 1. The molecule has 3 unspecified atom stereocenters. The highest BCUT2D eigenvalue weighted by molar-refractivity contribution is 6.31. The third-order valence-electron chi connectivity index (χ3n) is 4.86. The molecule has 2 N–H and O–H groups in total. The summed E-state index contributed by atoms with van der Waals surface area (Å²) in [4.78, 5) is 14.6. The summed E-state index contributed by atoms with van der Waals surface area (Å²) in [5.41, 5.74) is 0.969. The van der Waals surface area contributed by atoms with E-state index < -0.39 is 0 Å². The molecule has 0 saturated carbocycles. The fourth-order valence-corrected chi connectivity index (χ4v) is 3.96. The first-order valence-electron chi connectivity index (χ1n) is 8.13. The minimum absolute atomic E-state index is 0.0631. The lowest BCUT2D eigenvalue weighted by Gasteiger charge is -2.34. The minimum Gasteiger partial charge on any atom is -0.348 e. The van der Waals surface area contributed by atoms with Crippen molar-refractivity contribution in [3.8, 4) is 0 Å². The highest BCUT2D eigenvalue weighted by Gasteiger charge is 2.33. The summed E-state index contributed by atoms with van der Waals surface area (Å²) in [6.07, 6.45) is 2.39. The van der Waals surface area contributed by atoms with Crippen LogP contribution in [0.2, 0.25) is 5.02 Å². The Morgan fingerprint density at radius 1 is 1.45 bits per heavy atom. The van der Waals surface area contributed by atoms with Crippen LogP contribution in [-0.2, 0) is 4.79 Å². The van der Waals surface area contributed by atoms with Crippen LogP contribution in [0.25, 0.3) is 0 Å². The van der Waals surface area contributed by atoms with Crippen LogP contribution in [0.3, 0.4) is 0 Å². The normalized spacial score (nSPS) is 26.5. The van der Waals surface area contributed by atoms with Crippen molar-refractivity contribution >= 4 is 17.5 Å². The summed E-state index contributed by atoms with van der Waals surface area (Å²) >= 11 is 6.19. The highest BCUT2D eigenvalue weighted by Crippen LogP contribution is 2.25. The Labute approximate surface area is 137 Å². The zero-order valence-electron chi connectivity index (χ0n) is 13.0. The van der Waals surface area contributed by atoms with Gasteiger partial charge in [0, 0.05) is 24.2 Å². The molecule has 22 heavy (non-hydrogen) atoms. The molecule has 2 aliphatic heterocycles. The molecule has 1 aromatic carbocycles. The van der Waals surface area contributed by atoms with Crippen LogP contribution in [0.5, 0.6) is 0 Å². The van der Waals surface area contributed by atoms with Crippen LogP contribution in [0, 0.1) is 5.92 Å². The zero-order chi connectivity index (χ0) is 15.5. The predicted octanol–water partition coefficient (Wildman–Crippen LogP) is 2.20. The van der Waals surface area contributed by atoms with Crippen LogP contribution in [-0.4, -0.2) is 43.0 Å². The van der Waals surface area contributed by atoms with E-state index in [0.29, 0.717) is 23.5 Å². The van der Waals surface area contributed by atoms with Crippen molar-refractivity contribution in [2.75, 3.05) is 26.2 Å². The lowest BCUT2D eigenvalue weighted by atomic mass is 9.93. The van der Waals surface area contributed by atoms with Crippen molar-refractivity contribution in [2.45, 2.75) is 31.8 Å². The molecule has 2 heterocycles. The molecule has 2 fully saturated rings. The Morgan fingerprint density at radius 2 is 2.27 bits per heavy atom. The molecule has 0 bridgehead atoms. The maximum atomic E-state index is 12.3. The smallest absolute Gasteiger partial charge is 0.234 e. The van der Waals surface area contributed by atoms with Gasteiger partial charge in [-0.25, -0.2) is 0 Å². The van der Waals surface area contributed by atoms with E-state index in [-0.39, 0.29) is 11.9 Å². The number of amides is 1. The van der Waals surface area contributed by atoms with Gasteiger partial charge in [0.05, 0.1) is 12.6 Å². The monoisotopic (exact) mass is 321 g/mol. The third kappa shape index (κ3) is 3.62. The van der Waals surface area contributed by atoms with Gasteiger partial charge >= 0.3 is 0 Å². The van der Waals surface area contributed by atoms with Gasteiger partial charge in [-0.15, -0.1) is 0 Å². The quantitative estimate of drug-likeness (QED) is 0.893. The number of hydrogen-bond acceptors (Lipinski definition) is 3.